The quantitative estimate of drug-likeness (QED) is 0.455. The molecular weight excluding hydrogens is 212 g/mol. The number of thioether (sulfide) groups is 1. The van der Waals surface area contributed by atoms with E-state index in [0.717, 1.165) is 24.3 Å². The molecule has 0 aliphatic heterocycles. The molecule has 0 saturated heterocycles. The van der Waals surface area contributed by atoms with E-state index in [9.17, 15) is 4.79 Å². The van der Waals surface area contributed by atoms with Crippen molar-refractivity contribution < 1.29 is 4.74 Å². The smallest absolute Gasteiger partial charge is 0.251 e. The van der Waals surface area contributed by atoms with Crippen LogP contribution in [0.15, 0.2) is 16.0 Å². The van der Waals surface area contributed by atoms with Crippen LogP contribution in [-0.4, -0.2) is 29.4 Å². The molecule has 1 heterocycles. The summed E-state index contributed by atoms with van der Waals surface area (Å²) in [5.74, 6) is 0.801. The molecule has 5 heteroatoms. The zero-order valence-electron chi connectivity index (χ0n) is 9.08. The molecule has 1 N–H and O–H groups in total. The largest absolute Gasteiger partial charge is 0.384 e. The minimum absolute atomic E-state index is 0.0756. The summed E-state index contributed by atoms with van der Waals surface area (Å²) in [7, 11) is 1.66. The lowest BCUT2D eigenvalue weighted by Gasteiger charge is -2.02. The molecule has 0 saturated carbocycles. The van der Waals surface area contributed by atoms with E-state index in [1.807, 2.05) is 0 Å². The average molecular weight is 228 g/mol. The van der Waals surface area contributed by atoms with Crippen molar-refractivity contribution in [2.75, 3.05) is 19.5 Å². The fourth-order valence-electron chi connectivity index (χ4n) is 1.16. The first-order chi connectivity index (χ1) is 7.26. The molecule has 0 spiro atoms. The van der Waals surface area contributed by atoms with Gasteiger partial charge in [0.15, 0.2) is 5.16 Å². The van der Waals surface area contributed by atoms with Crippen LogP contribution in [0, 0.1) is 0 Å². The second kappa shape index (κ2) is 6.63. The first kappa shape index (κ1) is 12.3. The lowest BCUT2D eigenvalue weighted by molar-refractivity contribution is 0.218. The molecule has 1 rings (SSSR count). The van der Waals surface area contributed by atoms with E-state index in [4.69, 9.17) is 4.74 Å². The normalized spacial score (nSPS) is 10.5. The fourth-order valence-corrected chi connectivity index (χ4v) is 1.96. The molecule has 0 aliphatic carbocycles. The summed E-state index contributed by atoms with van der Waals surface area (Å²) in [5, 5.41) is 0.683. The van der Waals surface area contributed by atoms with Gasteiger partial charge in [0.25, 0.3) is 5.56 Å². The standard InChI is InChI=1S/C10H16N2O2S/c1-3-4-8-7-9(13)12-10(11-8)15-6-5-14-2/h7H,3-6H2,1-2H3,(H,11,12,13). The number of H-pyrrole nitrogens is 1. The summed E-state index contributed by atoms with van der Waals surface area (Å²) in [5.41, 5.74) is 0.787. The Labute approximate surface area is 93.5 Å². The predicted molar refractivity (Wildman–Crippen MR) is 61.5 cm³/mol. The summed E-state index contributed by atoms with van der Waals surface area (Å²) in [6, 6.07) is 1.56. The van der Waals surface area contributed by atoms with Crippen LogP contribution in [-0.2, 0) is 11.2 Å². The third kappa shape index (κ3) is 4.48. The second-order valence-corrected chi connectivity index (χ2v) is 4.22. The van der Waals surface area contributed by atoms with Crippen LogP contribution < -0.4 is 5.56 Å². The zero-order valence-corrected chi connectivity index (χ0v) is 9.89. The molecule has 0 aromatic carbocycles. The van der Waals surface area contributed by atoms with Crippen molar-refractivity contribution in [3.63, 3.8) is 0 Å². The molecule has 1 aromatic heterocycles. The van der Waals surface area contributed by atoms with E-state index in [1.54, 1.807) is 13.2 Å². The minimum Gasteiger partial charge on any atom is -0.384 e. The lowest BCUT2D eigenvalue weighted by atomic mass is 10.2. The van der Waals surface area contributed by atoms with Gasteiger partial charge in [-0.15, -0.1) is 0 Å². The third-order valence-electron chi connectivity index (χ3n) is 1.81. The number of rotatable bonds is 6. The van der Waals surface area contributed by atoms with E-state index in [-0.39, 0.29) is 5.56 Å². The van der Waals surface area contributed by atoms with Gasteiger partial charge in [-0.2, -0.15) is 0 Å². The van der Waals surface area contributed by atoms with Crippen molar-refractivity contribution in [3.05, 3.63) is 22.1 Å². The molecule has 0 bridgehead atoms. The number of hydrogen-bond donors (Lipinski definition) is 1. The predicted octanol–water partition coefficient (Wildman–Crippen LogP) is 1.46. The van der Waals surface area contributed by atoms with Gasteiger partial charge in [-0.1, -0.05) is 25.1 Å². The lowest BCUT2D eigenvalue weighted by Crippen LogP contribution is -2.10. The van der Waals surface area contributed by atoms with Crippen molar-refractivity contribution >= 4 is 11.8 Å². The fraction of sp³-hybridized carbons (Fsp3) is 0.600. The Morgan fingerprint density at radius 3 is 3.07 bits per heavy atom. The van der Waals surface area contributed by atoms with Gasteiger partial charge in [0, 0.05) is 24.6 Å². The molecular formula is C10H16N2O2S. The number of nitrogens with one attached hydrogen (secondary N) is 1. The Balaban J connectivity index is 2.66. The Kier molecular flexibility index (Phi) is 5.42. The molecule has 0 fully saturated rings. The van der Waals surface area contributed by atoms with Crippen LogP contribution in [0.4, 0.5) is 0 Å². The van der Waals surface area contributed by atoms with Crippen LogP contribution in [0.3, 0.4) is 0 Å². The molecule has 0 radical (unpaired) electrons. The maximum absolute atomic E-state index is 11.3. The monoisotopic (exact) mass is 228 g/mol. The highest BCUT2D eigenvalue weighted by Gasteiger charge is 2.01. The maximum Gasteiger partial charge on any atom is 0.251 e. The van der Waals surface area contributed by atoms with E-state index in [2.05, 4.69) is 16.9 Å². The molecule has 0 amide bonds. The maximum atomic E-state index is 11.3. The highest BCUT2D eigenvalue weighted by atomic mass is 32.2. The van der Waals surface area contributed by atoms with Crippen LogP contribution in [0.25, 0.3) is 0 Å². The first-order valence-corrected chi connectivity index (χ1v) is 5.96. The van der Waals surface area contributed by atoms with Crippen molar-refractivity contribution in [2.24, 2.45) is 0 Å². The van der Waals surface area contributed by atoms with Gasteiger partial charge < -0.3 is 9.72 Å². The topological polar surface area (TPSA) is 55.0 Å². The number of aromatic amines is 1. The first-order valence-electron chi connectivity index (χ1n) is 4.98. The highest BCUT2D eigenvalue weighted by Crippen LogP contribution is 2.11. The molecule has 84 valence electrons. The number of methoxy groups -OCH3 is 1. The van der Waals surface area contributed by atoms with Gasteiger partial charge in [-0.25, -0.2) is 4.98 Å². The van der Waals surface area contributed by atoms with E-state index in [1.165, 1.54) is 11.8 Å². The van der Waals surface area contributed by atoms with Gasteiger partial charge in [0.2, 0.25) is 0 Å². The number of ether oxygens (including phenoxy) is 1. The summed E-state index contributed by atoms with van der Waals surface area (Å²) < 4.78 is 4.93. The molecule has 0 unspecified atom stereocenters. The van der Waals surface area contributed by atoms with Gasteiger partial charge >= 0.3 is 0 Å². The summed E-state index contributed by atoms with van der Waals surface area (Å²) >= 11 is 1.51. The van der Waals surface area contributed by atoms with Gasteiger partial charge in [-0.05, 0) is 6.42 Å². The van der Waals surface area contributed by atoms with E-state index in [0.29, 0.717) is 11.8 Å². The highest BCUT2D eigenvalue weighted by molar-refractivity contribution is 7.99. The minimum atomic E-state index is -0.0756. The van der Waals surface area contributed by atoms with Gasteiger partial charge in [0.1, 0.15) is 0 Å². The van der Waals surface area contributed by atoms with Crippen LogP contribution >= 0.6 is 11.8 Å². The summed E-state index contributed by atoms with van der Waals surface area (Å²) in [6.45, 7) is 2.73. The van der Waals surface area contributed by atoms with Crippen molar-refractivity contribution in [3.8, 4) is 0 Å². The summed E-state index contributed by atoms with van der Waals surface area (Å²) in [4.78, 5) is 18.3. The van der Waals surface area contributed by atoms with Crippen molar-refractivity contribution in [2.45, 2.75) is 24.9 Å². The Hall–Kier alpha value is -0.810. The Morgan fingerprint density at radius 1 is 1.60 bits per heavy atom. The Bertz CT molecular complexity index is 352. The number of nitrogens with zero attached hydrogens (tertiary/aromatic N) is 1. The van der Waals surface area contributed by atoms with Gasteiger partial charge in [-0.3, -0.25) is 4.79 Å². The molecule has 0 aliphatic rings. The average Bonchev–Trinajstić information content (AvgIpc) is 2.18. The van der Waals surface area contributed by atoms with Crippen LogP contribution in [0.1, 0.15) is 19.0 Å². The second-order valence-electron chi connectivity index (χ2n) is 3.13. The Morgan fingerprint density at radius 2 is 2.40 bits per heavy atom. The third-order valence-corrected chi connectivity index (χ3v) is 2.64. The molecule has 0 atom stereocenters. The van der Waals surface area contributed by atoms with Crippen LogP contribution in [0.2, 0.25) is 0 Å². The van der Waals surface area contributed by atoms with Crippen molar-refractivity contribution in [1.82, 2.24) is 9.97 Å². The number of hydrogen-bond acceptors (Lipinski definition) is 4. The molecule has 1 aromatic rings. The summed E-state index contributed by atoms with van der Waals surface area (Å²) in [6.07, 6.45) is 1.85. The van der Waals surface area contributed by atoms with Gasteiger partial charge in [0.05, 0.1) is 6.61 Å². The SMILES string of the molecule is CCCc1cc(=O)[nH]c(SCCOC)n1. The zero-order chi connectivity index (χ0) is 11.1. The van der Waals surface area contributed by atoms with E-state index < -0.39 is 0 Å². The van der Waals surface area contributed by atoms with E-state index >= 15 is 0 Å². The number of aromatic nitrogens is 2. The molecule has 4 nitrogen and oxygen atoms in total. The number of aryl methyl sites for hydroxylation is 1. The van der Waals surface area contributed by atoms with Crippen LogP contribution in [0.5, 0.6) is 0 Å². The molecule has 15 heavy (non-hydrogen) atoms. The van der Waals surface area contributed by atoms with Crippen molar-refractivity contribution in [1.29, 1.82) is 0 Å².